The van der Waals surface area contributed by atoms with Gasteiger partial charge in [-0.3, -0.25) is 9.59 Å². The number of amides is 1. The number of hydrogen-bond acceptors (Lipinski definition) is 4. The van der Waals surface area contributed by atoms with E-state index in [0.29, 0.717) is 18.7 Å². The Morgan fingerprint density at radius 1 is 1.17 bits per heavy atom. The van der Waals surface area contributed by atoms with Crippen LogP contribution in [0.25, 0.3) is 10.8 Å². The molecule has 0 bridgehead atoms. The standard InChI is InChI=1S/C17H18BrNO4/c1-22-16(21)7-4-10-19-15(20)11-23-14-9-8-12-5-2-3-6-13(12)17(14)18/h2-3,5-6,8-9H,4,7,10-11H2,1H3,(H,19,20). The van der Waals surface area contributed by atoms with Crippen molar-refractivity contribution in [2.45, 2.75) is 12.8 Å². The van der Waals surface area contributed by atoms with Gasteiger partial charge in [-0.2, -0.15) is 0 Å². The van der Waals surface area contributed by atoms with Crippen molar-refractivity contribution < 1.29 is 19.1 Å². The summed E-state index contributed by atoms with van der Waals surface area (Å²) >= 11 is 3.51. The lowest BCUT2D eigenvalue weighted by Crippen LogP contribution is -2.30. The largest absolute Gasteiger partial charge is 0.483 e. The third kappa shape index (κ3) is 4.96. The van der Waals surface area contributed by atoms with Gasteiger partial charge in [0.05, 0.1) is 11.6 Å². The minimum Gasteiger partial charge on any atom is -0.483 e. The summed E-state index contributed by atoms with van der Waals surface area (Å²) in [4.78, 5) is 22.7. The van der Waals surface area contributed by atoms with Gasteiger partial charge in [0.2, 0.25) is 0 Å². The second-order valence-corrected chi connectivity index (χ2v) is 5.71. The zero-order valence-electron chi connectivity index (χ0n) is 12.8. The maximum absolute atomic E-state index is 11.7. The molecule has 122 valence electrons. The van der Waals surface area contributed by atoms with Crippen molar-refractivity contribution in [1.29, 1.82) is 0 Å². The van der Waals surface area contributed by atoms with Crippen LogP contribution < -0.4 is 10.1 Å². The fourth-order valence-electron chi connectivity index (χ4n) is 2.08. The molecule has 0 saturated carbocycles. The van der Waals surface area contributed by atoms with E-state index < -0.39 is 0 Å². The molecule has 2 rings (SSSR count). The summed E-state index contributed by atoms with van der Waals surface area (Å²) in [7, 11) is 1.34. The molecule has 23 heavy (non-hydrogen) atoms. The number of carbonyl (C=O) groups is 2. The molecular formula is C17H18BrNO4. The fourth-order valence-corrected chi connectivity index (χ4v) is 2.69. The van der Waals surface area contributed by atoms with E-state index in [1.54, 1.807) is 0 Å². The van der Waals surface area contributed by atoms with Crippen molar-refractivity contribution in [3.63, 3.8) is 0 Å². The van der Waals surface area contributed by atoms with E-state index in [0.717, 1.165) is 15.2 Å². The van der Waals surface area contributed by atoms with Crippen LogP contribution in [0.1, 0.15) is 12.8 Å². The molecule has 0 aliphatic heterocycles. The van der Waals surface area contributed by atoms with Gasteiger partial charge in [-0.15, -0.1) is 0 Å². The summed E-state index contributed by atoms with van der Waals surface area (Å²) in [6.45, 7) is 0.339. The van der Waals surface area contributed by atoms with Gasteiger partial charge in [0.1, 0.15) is 5.75 Å². The van der Waals surface area contributed by atoms with Crippen molar-refractivity contribution in [3.05, 3.63) is 40.9 Å². The summed E-state index contributed by atoms with van der Waals surface area (Å²) in [5, 5.41) is 4.83. The predicted molar refractivity (Wildman–Crippen MR) is 91.4 cm³/mol. The number of methoxy groups -OCH3 is 1. The highest BCUT2D eigenvalue weighted by molar-refractivity contribution is 9.10. The average molecular weight is 380 g/mol. The SMILES string of the molecule is COC(=O)CCCNC(=O)COc1ccc2ccccc2c1Br. The zero-order valence-corrected chi connectivity index (χ0v) is 14.4. The Morgan fingerprint density at radius 2 is 1.96 bits per heavy atom. The lowest BCUT2D eigenvalue weighted by atomic mass is 10.1. The number of ether oxygens (including phenoxy) is 2. The molecule has 6 heteroatoms. The summed E-state index contributed by atoms with van der Waals surface area (Å²) < 4.78 is 10.9. The number of halogens is 1. The number of nitrogens with one attached hydrogen (secondary N) is 1. The first kappa shape index (κ1) is 17.3. The van der Waals surface area contributed by atoms with Crippen LogP contribution in [0.3, 0.4) is 0 Å². The van der Waals surface area contributed by atoms with Crippen LogP contribution in [0, 0.1) is 0 Å². The van der Waals surface area contributed by atoms with E-state index in [4.69, 9.17) is 4.74 Å². The number of carbonyl (C=O) groups excluding carboxylic acids is 2. The second kappa shape index (κ2) is 8.53. The van der Waals surface area contributed by atoms with E-state index >= 15 is 0 Å². The van der Waals surface area contributed by atoms with Gasteiger partial charge in [0.25, 0.3) is 5.91 Å². The highest BCUT2D eigenvalue weighted by Gasteiger charge is 2.08. The van der Waals surface area contributed by atoms with E-state index in [1.165, 1.54) is 7.11 Å². The molecule has 1 N–H and O–H groups in total. The molecule has 0 radical (unpaired) electrons. The highest BCUT2D eigenvalue weighted by Crippen LogP contribution is 2.32. The second-order valence-electron chi connectivity index (χ2n) is 4.92. The molecular weight excluding hydrogens is 362 g/mol. The minimum absolute atomic E-state index is 0.0742. The number of fused-ring (bicyclic) bond motifs is 1. The quantitative estimate of drug-likeness (QED) is 0.593. The number of hydrogen-bond donors (Lipinski definition) is 1. The van der Waals surface area contributed by atoms with Crippen LogP contribution in [0.15, 0.2) is 40.9 Å². The molecule has 0 spiro atoms. The molecule has 5 nitrogen and oxygen atoms in total. The number of esters is 1. The molecule has 0 aromatic heterocycles. The third-order valence-corrected chi connectivity index (χ3v) is 4.11. The molecule has 0 saturated heterocycles. The Bertz CT molecular complexity index is 702. The van der Waals surface area contributed by atoms with Gasteiger partial charge in [-0.05, 0) is 39.2 Å². The van der Waals surface area contributed by atoms with Crippen LogP contribution in [0.2, 0.25) is 0 Å². The van der Waals surface area contributed by atoms with Crippen molar-refractivity contribution in [2.75, 3.05) is 20.3 Å². The molecule has 0 fully saturated rings. The maximum Gasteiger partial charge on any atom is 0.305 e. The Kier molecular flexibility index (Phi) is 6.40. The molecule has 0 heterocycles. The average Bonchev–Trinajstić information content (AvgIpc) is 2.58. The first-order valence-corrected chi connectivity index (χ1v) is 8.04. The summed E-state index contributed by atoms with van der Waals surface area (Å²) in [5.41, 5.74) is 0. The van der Waals surface area contributed by atoms with Crippen molar-refractivity contribution in [3.8, 4) is 5.75 Å². The fraction of sp³-hybridized carbons (Fsp3) is 0.294. The van der Waals surface area contributed by atoms with Crippen LogP contribution >= 0.6 is 15.9 Å². The van der Waals surface area contributed by atoms with Gasteiger partial charge in [-0.1, -0.05) is 30.3 Å². The molecule has 0 unspecified atom stereocenters. The van der Waals surface area contributed by atoms with E-state index in [1.807, 2.05) is 36.4 Å². The van der Waals surface area contributed by atoms with Crippen LogP contribution in [-0.2, 0) is 14.3 Å². The Balaban J connectivity index is 1.82. The highest BCUT2D eigenvalue weighted by atomic mass is 79.9. The van der Waals surface area contributed by atoms with Crippen LogP contribution in [0.5, 0.6) is 5.75 Å². The van der Waals surface area contributed by atoms with Gasteiger partial charge in [0.15, 0.2) is 6.61 Å². The number of rotatable bonds is 7. The topological polar surface area (TPSA) is 64.6 Å². The van der Waals surface area contributed by atoms with E-state index in [9.17, 15) is 9.59 Å². The molecule has 1 amide bonds. The minimum atomic E-state index is -0.282. The van der Waals surface area contributed by atoms with Gasteiger partial charge < -0.3 is 14.8 Å². The van der Waals surface area contributed by atoms with E-state index in [-0.39, 0.29) is 24.9 Å². The molecule has 2 aromatic carbocycles. The molecule has 0 atom stereocenters. The Morgan fingerprint density at radius 3 is 2.74 bits per heavy atom. The third-order valence-electron chi connectivity index (χ3n) is 3.29. The van der Waals surface area contributed by atoms with Crippen molar-refractivity contribution in [2.24, 2.45) is 0 Å². The van der Waals surface area contributed by atoms with Crippen LogP contribution in [0.4, 0.5) is 0 Å². The lowest BCUT2D eigenvalue weighted by molar-refractivity contribution is -0.140. The molecule has 0 aliphatic carbocycles. The normalized spacial score (nSPS) is 10.3. The van der Waals surface area contributed by atoms with Gasteiger partial charge in [0, 0.05) is 13.0 Å². The van der Waals surface area contributed by atoms with Crippen LogP contribution in [-0.4, -0.2) is 32.1 Å². The Labute approximate surface area is 143 Å². The first-order valence-electron chi connectivity index (χ1n) is 7.25. The smallest absolute Gasteiger partial charge is 0.305 e. The Hall–Kier alpha value is -2.08. The monoisotopic (exact) mass is 379 g/mol. The van der Waals surface area contributed by atoms with Crippen molar-refractivity contribution >= 4 is 38.6 Å². The first-order chi connectivity index (χ1) is 11.1. The maximum atomic E-state index is 11.7. The summed E-state index contributed by atoms with van der Waals surface area (Å²) in [6, 6.07) is 11.7. The predicted octanol–water partition coefficient (Wildman–Crippen LogP) is 3.05. The summed E-state index contributed by atoms with van der Waals surface area (Å²) in [6.07, 6.45) is 0.825. The van der Waals surface area contributed by atoms with Gasteiger partial charge >= 0.3 is 5.97 Å². The summed E-state index contributed by atoms with van der Waals surface area (Å²) in [5.74, 6) is 0.110. The van der Waals surface area contributed by atoms with Gasteiger partial charge in [-0.25, -0.2) is 0 Å². The number of benzene rings is 2. The van der Waals surface area contributed by atoms with E-state index in [2.05, 4.69) is 26.0 Å². The lowest BCUT2D eigenvalue weighted by Gasteiger charge is -2.10. The molecule has 0 aliphatic rings. The van der Waals surface area contributed by atoms with Crippen molar-refractivity contribution in [1.82, 2.24) is 5.32 Å². The molecule has 2 aromatic rings. The zero-order chi connectivity index (χ0) is 16.7.